The lowest BCUT2D eigenvalue weighted by Crippen LogP contribution is -2.49. The van der Waals surface area contributed by atoms with Gasteiger partial charge in [0.05, 0.1) is 0 Å². The van der Waals surface area contributed by atoms with Crippen LogP contribution >= 0.6 is 0 Å². The fourth-order valence-electron chi connectivity index (χ4n) is 5.43. The second-order valence-electron chi connectivity index (χ2n) is 12.0. The van der Waals surface area contributed by atoms with Crippen molar-refractivity contribution in [3.63, 3.8) is 0 Å². The Morgan fingerprint density at radius 1 is 1.10 bits per heavy atom. The van der Waals surface area contributed by atoms with Crippen LogP contribution in [0, 0.1) is 0 Å². The Labute approximate surface area is 233 Å². The first kappa shape index (κ1) is 26.4. The maximum absolute atomic E-state index is 12.5. The van der Waals surface area contributed by atoms with Crippen LogP contribution in [-0.2, 0) is 16.1 Å². The molecule has 0 aromatic carbocycles. The lowest BCUT2D eigenvalue weighted by atomic mass is 10.2. The van der Waals surface area contributed by atoms with Crippen LogP contribution in [0.4, 0.5) is 22.5 Å². The van der Waals surface area contributed by atoms with E-state index in [4.69, 9.17) is 20.4 Å². The molecule has 1 unspecified atom stereocenters. The lowest BCUT2D eigenvalue weighted by molar-refractivity contribution is -0.119. The van der Waals surface area contributed by atoms with E-state index in [-0.39, 0.29) is 12.0 Å². The first-order valence-corrected chi connectivity index (χ1v) is 14.1. The van der Waals surface area contributed by atoms with Crippen LogP contribution < -0.4 is 16.0 Å². The summed E-state index contributed by atoms with van der Waals surface area (Å²) in [6, 6.07) is 3.66. The highest BCUT2D eigenvalue weighted by Crippen LogP contribution is 2.39. The third kappa shape index (κ3) is 5.69. The largest absolute Gasteiger partial charge is 0.444 e. The van der Waals surface area contributed by atoms with E-state index in [0.717, 1.165) is 36.4 Å². The molecule has 13 nitrogen and oxygen atoms in total. The number of nitrogens with zero attached hydrogens (tertiary/aromatic N) is 7. The van der Waals surface area contributed by atoms with Gasteiger partial charge < -0.3 is 25.6 Å². The Morgan fingerprint density at radius 3 is 2.58 bits per heavy atom. The Morgan fingerprint density at radius 2 is 1.88 bits per heavy atom. The van der Waals surface area contributed by atoms with Gasteiger partial charge in [-0.25, -0.2) is 4.79 Å². The number of primary amides is 1. The molecule has 3 fully saturated rings. The van der Waals surface area contributed by atoms with Gasteiger partial charge in [-0.2, -0.15) is 15.1 Å². The highest BCUT2D eigenvalue weighted by atomic mass is 16.6. The number of amides is 2. The molecule has 3 aromatic rings. The summed E-state index contributed by atoms with van der Waals surface area (Å²) < 4.78 is 7.46. The predicted octanol–water partition coefficient (Wildman–Crippen LogP) is 2.58. The van der Waals surface area contributed by atoms with Gasteiger partial charge in [-0.15, -0.1) is 0 Å². The van der Waals surface area contributed by atoms with E-state index in [0.29, 0.717) is 56.2 Å². The molecule has 4 N–H and O–H groups in total. The number of carbonyl (C=O) groups is 2. The molecule has 6 rings (SSSR count). The molecule has 0 spiro atoms. The highest BCUT2D eigenvalue weighted by molar-refractivity contribution is 5.83. The van der Waals surface area contributed by atoms with Crippen LogP contribution in [0.1, 0.15) is 63.6 Å². The fraction of sp³-hybridized carbons (Fsp3) is 0.593. The van der Waals surface area contributed by atoms with Crippen LogP contribution in [0.25, 0.3) is 5.65 Å². The molecule has 1 aliphatic carbocycles. The minimum absolute atomic E-state index is 0.264. The first-order chi connectivity index (χ1) is 19.1. The molecule has 5 heterocycles. The van der Waals surface area contributed by atoms with Crippen molar-refractivity contribution in [2.24, 2.45) is 5.73 Å². The number of ether oxygens (including phenoxy) is 1. The zero-order valence-corrected chi connectivity index (χ0v) is 23.4. The molecular weight excluding hydrogens is 512 g/mol. The van der Waals surface area contributed by atoms with Crippen molar-refractivity contribution in [1.82, 2.24) is 34.4 Å². The van der Waals surface area contributed by atoms with Gasteiger partial charge in [0, 0.05) is 63.1 Å². The molecule has 3 aromatic heterocycles. The van der Waals surface area contributed by atoms with Crippen LogP contribution in [-0.4, -0.2) is 90.7 Å². The lowest BCUT2D eigenvalue weighted by Gasteiger charge is -2.35. The number of piperazine rings is 1. The zero-order valence-electron chi connectivity index (χ0n) is 23.4. The molecule has 1 atom stereocenters. The molecule has 3 aliphatic rings. The number of carbonyl (C=O) groups excluding carboxylic acids is 2. The van der Waals surface area contributed by atoms with Crippen molar-refractivity contribution in [2.75, 3.05) is 42.9 Å². The smallest absolute Gasteiger partial charge is 0.410 e. The van der Waals surface area contributed by atoms with E-state index in [1.54, 1.807) is 4.90 Å². The van der Waals surface area contributed by atoms with Crippen molar-refractivity contribution in [2.45, 2.75) is 70.6 Å². The van der Waals surface area contributed by atoms with E-state index in [2.05, 4.69) is 20.4 Å². The van der Waals surface area contributed by atoms with Gasteiger partial charge in [0.25, 0.3) is 0 Å². The molecule has 1 saturated carbocycles. The third-order valence-corrected chi connectivity index (χ3v) is 7.63. The first-order valence-electron chi connectivity index (χ1n) is 14.1. The standard InChI is InChI=1S/C27H38N10O3/c1-27(2,3)40-26(39)35-11-9-34(10-12-35)15-17-13-22-30-25(36-8-4-5-20(36)23(28)38)31-24(37(22)16-17)29-21-14-19(32-33-21)18-6-7-18/h13-14,16,18,20H,4-12,15H2,1-3H3,(H2,28,38)(H2,29,30,31,32,33). The van der Waals surface area contributed by atoms with Crippen molar-refractivity contribution in [3.05, 3.63) is 29.6 Å². The number of H-pyrrole nitrogens is 1. The molecule has 13 heteroatoms. The van der Waals surface area contributed by atoms with E-state index >= 15 is 0 Å². The van der Waals surface area contributed by atoms with Gasteiger partial charge in [-0.3, -0.25) is 19.2 Å². The summed E-state index contributed by atoms with van der Waals surface area (Å²) in [7, 11) is 0. The SMILES string of the molecule is CC(C)(C)OC(=O)N1CCN(Cc2cc3nc(N4CCCC4C(N)=O)nc(Nc4cc(C5CC5)[nH]n4)n3c2)CC1. The van der Waals surface area contributed by atoms with E-state index in [9.17, 15) is 9.59 Å². The number of fused-ring (bicyclic) bond motifs is 1. The Hall–Kier alpha value is -3.87. The van der Waals surface area contributed by atoms with Crippen LogP contribution in [0.15, 0.2) is 18.3 Å². The number of nitrogens with two attached hydrogens (primary N) is 1. The summed E-state index contributed by atoms with van der Waals surface area (Å²) >= 11 is 0. The van der Waals surface area contributed by atoms with E-state index in [1.807, 2.05) is 48.4 Å². The molecule has 2 saturated heterocycles. The molecular formula is C27H38N10O3. The fourth-order valence-corrected chi connectivity index (χ4v) is 5.43. The molecule has 2 amide bonds. The van der Waals surface area contributed by atoms with Crippen molar-refractivity contribution < 1.29 is 14.3 Å². The number of aromatic amines is 1. The quantitative estimate of drug-likeness (QED) is 0.403. The molecule has 214 valence electrons. The summed E-state index contributed by atoms with van der Waals surface area (Å²) in [6.07, 6.45) is 5.68. The zero-order chi connectivity index (χ0) is 28.0. The molecule has 2 aliphatic heterocycles. The van der Waals surface area contributed by atoms with Gasteiger partial charge in [0.1, 0.15) is 17.3 Å². The minimum Gasteiger partial charge on any atom is -0.444 e. The Balaban J connectivity index is 1.22. The molecule has 0 radical (unpaired) electrons. The average molecular weight is 551 g/mol. The number of anilines is 3. The second kappa shape index (κ2) is 10.3. The van der Waals surface area contributed by atoms with Gasteiger partial charge in [-0.05, 0) is 58.1 Å². The summed E-state index contributed by atoms with van der Waals surface area (Å²) in [5.41, 5.74) is 8.12. The Kier molecular flexibility index (Phi) is 6.77. The highest BCUT2D eigenvalue weighted by Gasteiger charge is 2.32. The maximum Gasteiger partial charge on any atom is 0.410 e. The maximum atomic E-state index is 12.5. The van der Waals surface area contributed by atoms with Gasteiger partial charge >= 0.3 is 6.09 Å². The van der Waals surface area contributed by atoms with Gasteiger partial charge in [-0.1, -0.05) is 0 Å². The average Bonchev–Trinajstić information content (AvgIpc) is 3.26. The number of hydrogen-bond donors (Lipinski definition) is 3. The summed E-state index contributed by atoms with van der Waals surface area (Å²) in [4.78, 5) is 40.2. The number of aromatic nitrogens is 5. The van der Waals surface area contributed by atoms with Gasteiger partial charge in [0.2, 0.25) is 17.8 Å². The topological polar surface area (TPSA) is 150 Å². The summed E-state index contributed by atoms with van der Waals surface area (Å²) in [6.45, 7) is 9.76. The second-order valence-corrected chi connectivity index (χ2v) is 12.0. The monoisotopic (exact) mass is 550 g/mol. The molecule has 40 heavy (non-hydrogen) atoms. The van der Waals surface area contributed by atoms with Crippen LogP contribution in [0.3, 0.4) is 0 Å². The molecule has 0 bridgehead atoms. The summed E-state index contributed by atoms with van der Waals surface area (Å²) in [5, 5.41) is 10.9. The summed E-state index contributed by atoms with van der Waals surface area (Å²) in [5.74, 6) is 1.93. The van der Waals surface area contributed by atoms with Crippen LogP contribution in [0.5, 0.6) is 0 Å². The minimum atomic E-state index is -0.506. The van der Waals surface area contributed by atoms with Crippen molar-refractivity contribution >= 4 is 35.4 Å². The normalized spacial score (nSPS) is 20.3. The van der Waals surface area contributed by atoms with E-state index < -0.39 is 11.6 Å². The number of rotatable bonds is 7. The van der Waals surface area contributed by atoms with Crippen molar-refractivity contribution in [1.29, 1.82) is 0 Å². The van der Waals surface area contributed by atoms with Gasteiger partial charge in [0.15, 0.2) is 5.82 Å². The Bertz CT molecular complexity index is 1400. The predicted molar refractivity (Wildman–Crippen MR) is 149 cm³/mol. The third-order valence-electron chi connectivity index (χ3n) is 7.63. The van der Waals surface area contributed by atoms with Crippen molar-refractivity contribution in [3.8, 4) is 0 Å². The number of nitrogens with one attached hydrogen (secondary N) is 2. The van der Waals surface area contributed by atoms with Crippen LogP contribution in [0.2, 0.25) is 0 Å². The number of hydrogen-bond acceptors (Lipinski definition) is 9. The van der Waals surface area contributed by atoms with E-state index in [1.165, 1.54) is 12.8 Å².